The van der Waals surface area contributed by atoms with E-state index in [0.717, 1.165) is 18.4 Å². The van der Waals surface area contributed by atoms with Crippen LogP contribution in [0.2, 0.25) is 0 Å². The van der Waals surface area contributed by atoms with Gasteiger partial charge in [0.15, 0.2) is 15.9 Å². The number of sulfone groups is 1. The van der Waals surface area contributed by atoms with Gasteiger partial charge in [0.1, 0.15) is 24.1 Å². The van der Waals surface area contributed by atoms with Gasteiger partial charge < -0.3 is 29.9 Å². The molecule has 0 aliphatic carbocycles. The minimum absolute atomic E-state index is 0.00784. The summed E-state index contributed by atoms with van der Waals surface area (Å²) in [5.41, 5.74) is 0.785. The van der Waals surface area contributed by atoms with Gasteiger partial charge in [-0.15, -0.1) is 0 Å². The van der Waals surface area contributed by atoms with Crippen LogP contribution in [0.1, 0.15) is 56.7 Å². The molecule has 10 nitrogen and oxygen atoms in total. The van der Waals surface area contributed by atoms with Gasteiger partial charge in [0.25, 0.3) is 0 Å². The molecular weight excluding hydrogens is 514 g/mol. The summed E-state index contributed by atoms with van der Waals surface area (Å²) in [7, 11) is -3.82. The van der Waals surface area contributed by atoms with Crippen LogP contribution in [0.5, 0.6) is 5.75 Å². The van der Waals surface area contributed by atoms with E-state index in [9.17, 15) is 33.6 Å². The van der Waals surface area contributed by atoms with Gasteiger partial charge in [-0.3, -0.25) is 5.32 Å². The molecule has 1 fully saturated rings. The topological polar surface area (TPSA) is 163 Å². The van der Waals surface area contributed by atoms with Gasteiger partial charge in [-0.1, -0.05) is 63.1 Å². The molecule has 2 aliphatic rings. The highest BCUT2D eigenvalue weighted by atomic mass is 32.2. The molecule has 4 rings (SSSR count). The van der Waals surface area contributed by atoms with Crippen LogP contribution in [-0.2, 0) is 19.4 Å². The Kier molecular flexibility index (Phi) is 8.46. The average molecular weight is 550 g/mol. The molecule has 0 amide bonds. The molecule has 2 aromatic rings. The van der Waals surface area contributed by atoms with Crippen LogP contribution in [0.25, 0.3) is 0 Å². The third-order valence-electron chi connectivity index (χ3n) is 7.43. The standard InChI is InChI=1S/C27H35NO9S/c1-3-5-13-27(4-2)15-38(34,35)19-14-17(11-12-18(19)20(28-27)16-9-7-6-8-10-16)36-26-23(31)21(29)22(30)24(37-26)25(32)33/h6-12,14,20-24,26,28-31H,3-5,13,15H2,1-2H3,(H,32,33). The van der Waals surface area contributed by atoms with Crippen molar-refractivity contribution in [3.63, 3.8) is 0 Å². The Labute approximate surface area is 222 Å². The lowest BCUT2D eigenvalue weighted by Gasteiger charge is -2.38. The lowest BCUT2D eigenvalue weighted by molar-refractivity contribution is -0.271. The number of carbonyl (C=O) groups is 1. The fourth-order valence-corrected chi connectivity index (χ4v) is 7.35. The van der Waals surface area contributed by atoms with E-state index in [1.807, 2.05) is 37.3 Å². The SMILES string of the molecule is CCCCC1(CC)CS(=O)(=O)c2cc(OC3OC(C(=O)O)C(O)C(O)C3O)ccc2C(c2ccccc2)N1. The summed E-state index contributed by atoms with van der Waals surface area (Å²) in [4.78, 5) is 11.5. The second kappa shape index (κ2) is 11.3. The number of fused-ring (bicyclic) bond motifs is 1. The fraction of sp³-hybridized carbons (Fsp3) is 0.519. The highest BCUT2D eigenvalue weighted by molar-refractivity contribution is 7.91. The van der Waals surface area contributed by atoms with Gasteiger partial charge in [-0.2, -0.15) is 0 Å². The number of aliphatic hydroxyl groups excluding tert-OH is 3. The van der Waals surface area contributed by atoms with E-state index in [2.05, 4.69) is 12.2 Å². The van der Waals surface area contributed by atoms with Crippen molar-refractivity contribution < 1.29 is 43.1 Å². The average Bonchev–Trinajstić information content (AvgIpc) is 3.00. The van der Waals surface area contributed by atoms with Crippen molar-refractivity contribution in [1.29, 1.82) is 0 Å². The summed E-state index contributed by atoms with van der Waals surface area (Å²) in [6, 6.07) is 13.6. The number of benzene rings is 2. The predicted molar refractivity (Wildman–Crippen MR) is 137 cm³/mol. The maximum atomic E-state index is 13.8. The van der Waals surface area contributed by atoms with Crippen LogP contribution < -0.4 is 10.1 Å². The highest BCUT2D eigenvalue weighted by Gasteiger charge is 2.48. The summed E-state index contributed by atoms with van der Waals surface area (Å²) in [6.45, 7) is 4.04. The van der Waals surface area contributed by atoms with Crippen molar-refractivity contribution in [3.05, 3.63) is 59.7 Å². The molecule has 1 saturated heterocycles. The quantitative estimate of drug-likeness (QED) is 0.328. The Morgan fingerprint density at radius 3 is 2.42 bits per heavy atom. The van der Waals surface area contributed by atoms with Crippen LogP contribution in [0.4, 0.5) is 0 Å². The Balaban J connectivity index is 1.75. The number of ether oxygens (including phenoxy) is 2. The molecule has 38 heavy (non-hydrogen) atoms. The summed E-state index contributed by atoms with van der Waals surface area (Å²) in [5.74, 6) is -1.65. The molecule has 7 unspecified atom stereocenters. The zero-order valence-electron chi connectivity index (χ0n) is 21.4. The molecule has 0 radical (unpaired) electrons. The van der Waals surface area contributed by atoms with Crippen LogP contribution in [0.3, 0.4) is 0 Å². The maximum absolute atomic E-state index is 13.8. The normalized spacial score (nSPS) is 32.7. The first-order chi connectivity index (χ1) is 18.0. The second-order valence-electron chi connectivity index (χ2n) is 10.0. The molecule has 0 bridgehead atoms. The minimum Gasteiger partial charge on any atom is -0.479 e. The van der Waals surface area contributed by atoms with Gasteiger partial charge >= 0.3 is 5.97 Å². The number of unbranched alkanes of at least 4 members (excludes halogenated alkanes) is 1. The number of carboxylic acid groups (broad SMARTS) is 1. The molecule has 0 aromatic heterocycles. The van der Waals surface area contributed by atoms with Crippen molar-refractivity contribution in [1.82, 2.24) is 5.32 Å². The van der Waals surface area contributed by atoms with Gasteiger partial charge in [0, 0.05) is 5.54 Å². The second-order valence-corrected chi connectivity index (χ2v) is 12.0. The number of nitrogens with one attached hydrogen (secondary N) is 1. The van der Waals surface area contributed by atoms with Crippen LogP contribution in [0, 0.1) is 0 Å². The Bertz CT molecular complexity index is 1240. The van der Waals surface area contributed by atoms with E-state index in [0.29, 0.717) is 18.4 Å². The number of hydrogen-bond donors (Lipinski definition) is 5. The summed E-state index contributed by atoms with van der Waals surface area (Å²) in [6.07, 6.45) is -5.89. The maximum Gasteiger partial charge on any atom is 0.335 e. The number of rotatable bonds is 8. The smallest absolute Gasteiger partial charge is 0.335 e. The first-order valence-electron chi connectivity index (χ1n) is 12.8. The van der Waals surface area contributed by atoms with Crippen LogP contribution >= 0.6 is 0 Å². The largest absolute Gasteiger partial charge is 0.479 e. The van der Waals surface area contributed by atoms with E-state index < -0.39 is 58.1 Å². The number of carboxylic acids is 1. The van der Waals surface area contributed by atoms with E-state index in [4.69, 9.17) is 9.47 Å². The van der Waals surface area contributed by atoms with E-state index in [1.54, 1.807) is 6.07 Å². The van der Waals surface area contributed by atoms with Gasteiger partial charge in [0.05, 0.1) is 16.7 Å². The third-order valence-corrected chi connectivity index (χ3v) is 9.39. The molecule has 2 aliphatic heterocycles. The lowest BCUT2D eigenvalue weighted by Crippen LogP contribution is -2.61. The molecule has 7 atom stereocenters. The molecular formula is C27H35NO9S. The zero-order valence-corrected chi connectivity index (χ0v) is 22.2. The highest BCUT2D eigenvalue weighted by Crippen LogP contribution is 2.40. The fourth-order valence-electron chi connectivity index (χ4n) is 5.20. The predicted octanol–water partition coefficient (Wildman–Crippen LogP) is 1.76. The van der Waals surface area contributed by atoms with Crippen LogP contribution in [-0.4, -0.2) is 76.8 Å². The molecule has 0 saturated carbocycles. The Morgan fingerprint density at radius 1 is 1.08 bits per heavy atom. The van der Waals surface area contributed by atoms with Crippen molar-refractivity contribution >= 4 is 15.8 Å². The molecule has 0 spiro atoms. The van der Waals surface area contributed by atoms with E-state index in [1.165, 1.54) is 12.1 Å². The van der Waals surface area contributed by atoms with E-state index >= 15 is 0 Å². The zero-order chi connectivity index (χ0) is 27.7. The van der Waals surface area contributed by atoms with Gasteiger partial charge in [-0.05, 0) is 36.1 Å². The molecule has 2 heterocycles. The molecule has 5 N–H and O–H groups in total. The monoisotopic (exact) mass is 549 g/mol. The minimum atomic E-state index is -3.82. The van der Waals surface area contributed by atoms with Crippen molar-refractivity contribution in [2.24, 2.45) is 0 Å². The first-order valence-corrected chi connectivity index (χ1v) is 14.5. The van der Waals surface area contributed by atoms with Crippen molar-refractivity contribution in [2.45, 2.75) is 86.7 Å². The summed E-state index contributed by atoms with van der Waals surface area (Å²) in [5, 5.41) is 43.4. The molecule has 2 aromatic carbocycles. The summed E-state index contributed by atoms with van der Waals surface area (Å²) < 4.78 is 38.5. The van der Waals surface area contributed by atoms with E-state index in [-0.39, 0.29) is 16.4 Å². The van der Waals surface area contributed by atoms with Gasteiger partial charge in [-0.25, -0.2) is 13.2 Å². The van der Waals surface area contributed by atoms with Crippen molar-refractivity contribution in [3.8, 4) is 5.75 Å². The Hall–Kier alpha value is -2.54. The molecule has 11 heteroatoms. The number of hydrogen-bond acceptors (Lipinski definition) is 9. The van der Waals surface area contributed by atoms with Crippen LogP contribution in [0.15, 0.2) is 53.4 Å². The first kappa shape index (κ1) is 28.5. The Morgan fingerprint density at radius 2 is 1.79 bits per heavy atom. The van der Waals surface area contributed by atoms with Crippen molar-refractivity contribution in [2.75, 3.05) is 5.75 Å². The lowest BCUT2D eigenvalue weighted by atomic mass is 9.88. The number of aliphatic carboxylic acids is 1. The third kappa shape index (κ3) is 5.58. The molecule has 208 valence electrons. The summed E-state index contributed by atoms with van der Waals surface area (Å²) >= 11 is 0. The van der Waals surface area contributed by atoms with Gasteiger partial charge in [0.2, 0.25) is 6.29 Å². The number of aliphatic hydroxyl groups is 3.